The van der Waals surface area contributed by atoms with E-state index in [4.69, 9.17) is 0 Å². The Hall–Kier alpha value is -1.50. The molecule has 1 heteroatoms. The molecule has 0 aromatic heterocycles. The lowest BCUT2D eigenvalue weighted by atomic mass is 9.83. The minimum atomic E-state index is 0.107. The van der Waals surface area contributed by atoms with E-state index in [1.165, 1.54) is 30.4 Å². The maximum Gasteiger partial charge on any atom is 0.0691 e. The number of nitrogens with one attached hydrogen (secondary N) is 1. The summed E-state index contributed by atoms with van der Waals surface area (Å²) in [4.78, 5) is 0. The summed E-state index contributed by atoms with van der Waals surface area (Å²) >= 11 is 0. The smallest absolute Gasteiger partial charge is 0.0691 e. The fourth-order valence-electron chi connectivity index (χ4n) is 2.41. The largest absolute Gasteiger partial charge is 0.379 e. The van der Waals surface area contributed by atoms with Crippen molar-refractivity contribution in [3.8, 4) is 0 Å². The highest BCUT2D eigenvalue weighted by Gasteiger charge is 2.19. The summed E-state index contributed by atoms with van der Waals surface area (Å²) in [5, 5.41) is 3.33. The average Bonchev–Trinajstić information content (AvgIpc) is 2.38. The van der Waals surface area contributed by atoms with Gasteiger partial charge in [0.25, 0.3) is 0 Å². The third-order valence-corrected chi connectivity index (χ3v) is 3.36. The Labute approximate surface area is 112 Å². The van der Waals surface area contributed by atoms with Gasteiger partial charge in [-0.25, -0.2) is 0 Å². The van der Waals surface area contributed by atoms with E-state index in [1.807, 2.05) is 13.0 Å². The molecule has 2 unspecified atom stereocenters. The maximum atomic E-state index is 4.29. The van der Waals surface area contributed by atoms with Crippen molar-refractivity contribution in [3.63, 3.8) is 0 Å². The fourth-order valence-corrected chi connectivity index (χ4v) is 2.41. The lowest BCUT2D eigenvalue weighted by Crippen LogP contribution is -2.29. The van der Waals surface area contributed by atoms with Gasteiger partial charge in [-0.15, -0.1) is 6.58 Å². The summed E-state index contributed by atoms with van der Waals surface area (Å²) in [5.74, 6) is 0.472. The molecule has 1 aliphatic carbocycles. The minimum Gasteiger partial charge on any atom is -0.379 e. The van der Waals surface area contributed by atoms with Gasteiger partial charge in [-0.3, -0.25) is 0 Å². The summed E-state index contributed by atoms with van der Waals surface area (Å²) in [6, 6.07) is 0.107. The Morgan fingerprint density at radius 2 is 2.17 bits per heavy atom. The Morgan fingerprint density at radius 3 is 2.61 bits per heavy atom. The molecule has 1 aliphatic rings. The van der Waals surface area contributed by atoms with Crippen LogP contribution in [0.1, 0.15) is 33.1 Å². The first kappa shape index (κ1) is 14.6. The SMILES string of the molecule is C=CC(NC(=C)C)/C(=C/C)C(=C)C1C=CCCC1. The maximum absolute atomic E-state index is 4.29. The minimum absolute atomic E-state index is 0.107. The zero-order valence-electron chi connectivity index (χ0n) is 11.7. The molecule has 1 rings (SSSR count). The number of allylic oxidation sites excluding steroid dienone is 4. The lowest BCUT2D eigenvalue weighted by Gasteiger charge is -2.26. The normalized spacial score (nSPS) is 21.2. The molecule has 18 heavy (non-hydrogen) atoms. The summed E-state index contributed by atoms with van der Waals surface area (Å²) in [7, 11) is 0. The van der Waals surface area contributed by atoms with E-state index in [1.54, 1.807) is 0 Å². The van der Waals surface area contributed by atoms with Crippen molar-refractivity contribution in [1.29, 1.82) is 0 Å². The van der Waals surface area contributed by atoms with Crippen molar-refractivity contribution in [2.75, 3.05) is 0 Å². The van der Waals surface area contributed by atoms with Gasteiger partial charge in [-0.2, -0.15) is 0 Å². The second-order valence-electron chi connectivity index (χ2n) is 4.87. The molecule has 0 bridgehead atoms. The third-order valence-electron chi connectivity index (χ3n) is 3.36. The van der Waals surface area contributed by atoms with Gasteiger partial charge in [0.15, 0.2) is 0 Å². The number of rotatable bonds is 6. The molecule has 0 fully saturated rings. The zero-order valence-corrected chi connectivity index (χ0v) is 11.7. The second-order valence-corrected chi connectivity index (χ2v) is 4.87. The van der Waals surface area contributed by atoms with Crippen LogP contribution in [0.25, 0.3) is 0 Å². The molecule has 0 aromatic carbocycles. The van der Waals surface area contributed by atoms with E-state index >= 15 is 0 Å². The quantitative estimate of drug-likeness (QED) is 0.534. The van der Waals surface area contributed by atoms with Gasteiger partial charge < -0.3 is 5.32 Å². The predicted molar refractivity (Wildman–Crippen MR) is 81.3 cm³/mol. The fraction of sp³-hybridized carbons (Fsp3) is 0.412. The molecule has 98 valence electrons. The van der Waals surface area contributed by atoms with Crippen LogP contribution in [-0.2, 0) is 0 Å². The monoisotopic (exact) mass is 243 g/mol. The van der Waals surface area contributed by atoms with Crippen LogP contribution < -0.4 is 5.32 Å². The van der Waals surface area contributed by atoms with Gasteiger partial charge in [0, 0.05) is 11.6 Å². The van der Waals surface area contributed by atoms with Crippen molar-refractivity contribution in [1.82, 2.24) is 5.32 Å². The van der Waals surface area contributed by atoms with E-state index in [9.17, 15) is 0 Å². The Morgan fingerprint density at radius 1 is 1.44 bits per heavy atom. The third kappa shape index (κ3) is 3.76. The van der Waals surface area contributed by atoms with Crippen molar-refractivity contribution < 1.29 is 0 Å². The molecule has 0 spiro atoms. The summed E-state index contributed by atoms with van der Waals surface area (Å²) in [5.41, 5.74) is 3.38. The van der Waals surface area contributed by atoms with Gasteiger partial charge in [-0.1, -0.05) is 37.5 Å². The van der Waals surface area contributed by atoms with Crippen LogP contribution >= 0.6 is 0 Å². The van der Waals surface area contributed by atoms with Crippen molar-refractivity contribution in [2.45, 2.75) is 39.2 Å². The number of hydrogen-bond donors (Lipinski definition) is 1. The Kier molecular flexibility index (Phi) is 5.70. The van der Waals surface area contributed by atoms with Crippen LogP contribution in [0, 0.1) is 5.92 Å². The van der Waals surface area contributed by atoms with Crippen LogP contribution in [-0.4, -0.2) is 6.04 Å². The second kappa shape index (κ2) is 7.05. The topological polar surface area (TPSA) is 12.0 Å². The number of hydrogen-bond acceptors (Lipinski definition) is 1. The van der Waals surface area contributed by atoms with Gasteiger partial charge in [0.05, 0.1) is 6.04 Å². The molecule has 1 N–H and O–H groups in total. The molecule has 0 amide bonds. The lowest BCUT2D eigenvalue weighted by molar-refractivity contribution is 0.600. The highest BCUT2D eigenvalue weighted by Crippen LogP contribution is 2.29. The van der Waals surface area contributed by atoms with Gasteiger partial charge >= 0.3 is 0 Å². The molecule has 0 saturated carbocycles. The molecule has 0 heterocycles. The van der Waals surface area contributed by atoms with E-state index in [0.717, 1.165) is 5.70 Å². The summed E-state index contributed by atoms with van der Waals surface area (Å²) < 4.78 is 0. The summed E-state index contributed by atoms with van der Waals surface area (Å²) in [6.45, 7) is 16.1. The molecular weight excluding hydrogens is 218 g/mol. The highest BCUT2D eigenvalue weighted by atomic mass is 14.9. The van der Waals surface area contributed by atoms with Crippen LogP contribution in [0.3, 0.4) is 0 Å². The van der Waals surface area contributed by atoms with Gasteiger partial charge in [0.2, 0.25) is 0 Å². The van der Waals surface area contributed by atoms with E-state index in [-0.39, 0.29) is 6.04 Å². The molecule has 2 atom stereocenters. The first-order valence-corrected chi connectivity index (χ1v) is 6.66. The molecule has 0 aromatic rings. The van der Waals surface area contributed by atoms with Crippen LogP contribution in [0.4, 0.5) is 0 Å². The molecular formula is C17H25N. The Bertz CT molecular complexity index is 384. The molecule has 1 nitrogen and oxygen atoms in total. The molecule has 0 radical (unpaired) electrons. The van der Waals surface area contributed by atoms with Crippen molar-refractivity contribution in [2.24, 2.45) is 5.92 Å². The van der Waals surface area contributed by atoms with E-state index in [2.05, 4.69) is 50.2 Å². The predicted octanol–water partition coefficient (Wildman–Crippen LogP) is 4.52. The van der Waals surface area contributed by atoms with Crippen molar-refractivity contribution in [3.05, 3.63) is 60.9 Å². The standard InChI is InChI=1S/C17H25N/c1-6-16(17(7-2)18-13(3)4)14(5)15-11-9-8-10-12-15/h6-7,9,11,15,17-18H,2-3,5,8,10,12H2,1,4H3/b16-6+. The molecule has 0 saturated heterocycles. The van der Waals surface area contributed by atoms with Crippen LogP contribution in [0.2, 0.25) is 0 Å². The van der Waals surface area contributed by atoms with E-state index < -0.39 is 0 Å². The highest BCUT2D eigenvalue weighted by molar-refractivity contribution is 5.40. The van der Waals surface area contributed by atoms with Gasteiger partial charge in [-0.05, 0) is 44.3 Å². The average molecular weight is 243 g/mol. The summed E-state index contributed by atoms with van der Waals surface area (Å²) in [6.07, 6.45) is 12.3. The van der Waals surface area contributed by atoms with Crippen LogP contribution in [0.15, 0.2) is 60.9 Å². The molecule has 0 aliphatic heterocycles. The van der Waals surface area contributed by atoms with Crippen LogP contribution in [0.5, 0.6) is 0 Å². The Balaban J connectivity index is 2.84. The first-order chi connectivity index (χ1) is 8.60. The van der Waals surface area contributed by atoms with E-state index in [0.29, 0.717) is 5.92 Å². The van der Waals surface area contributed by atoms with Crippen molar-refractivity contribution >= 4 is 0 Å². The van der Waals surface area contributed by atoms with Gasteiger partial charge in [0.1, 0.15) is 0 Å². The zero-order chi connectivity index (χ0) is 13.5. The first-order valence-electron chi connectivity index (χ1n) is 6.66.